The Bertz CT molecular complexity index is 753. The third-order valence-corrected chi connectivity index (χ3v) is 4.40. The summed E-state index contributed by atoms with van der Waals surface area (Å²) < 4.78 is 15.1. The van der Waals surface area contributed by atoms with E-state index in [9.17, 15) is 14.3 Å². The van der Waals surface area contributed by atoms with Crippen molar-refractivity contribution in [2.24, 2.45) is 7.05 Å². The molecule has 0 fully saturated rings. The Kier molecular flexibility index (Phi) is 5.95. The smallest absolute Gasteiger partial charge is 0.262 e. The van der Waals surface area contributed by atoms with Gasteiger partial charge < -0.3 is 10.4 Å². The number of amides is 1. The summed E-state index contributed by atoms with van der Waals surface area (Å²) in [7, 11) is 1.45. The molecule has 0 aliphatic rings. The van der Waals surface area contributed by atoms with Gasteiger partial charge in [0.25, 0.3) is 5.91 Å². The van der Waals surface area contributed by atoms with E-state index in [0.717, 1.165) is 23.9 Å². The van der Waals surface area contributed by atoms with Gasteiger partial charge in [-0.3, -0.25) is 4.79 Å². The second-order valence-electron chi connectivity index (χ2n) is 6.61. The highest BCUT2D eigenvalue weighted by Crippen LogP contribution is 2.32. The summed E-state index contributed by atoms with van der Waals surface area (Å²) in [6.07, 6.45) is 3.58. The molecule has 0 saturated heterocycles. The Balaban J connectivity index is 2.27. The van der Waals surface area contributed by atoms with Crippen LogP contribution in [0.4, 0.5) is 10.1 Å². The zero-order chi connectivity index (χ0) is 18.6. The summed E-state index contributed by atoms with van der Waals surface area (Å²) in [6, 6.07) is 7.09. The predicted octanol–water partition coefficient (Wildman–Crippen LogP) is 3.91. The first kappa shape index (κ1) is 19.1. The van der Waals surface area contributed by atoms with Crippen LogP contribution in [-0.4, -0.2) is 20.8 Å². The molecule has 1 atom stereocenters. The lowest BCUT2D eigenvalue weighted by atomic mass is 9.89. The highest BCUT2D eigenvalue weighted by Gasteiger charge is 2.27. The number of para-hydroxylation sites is 1. The molecule has 2 rings (SSSR count). The normalized spacial score (nSPS) is 13.5. The molecule has 6 heteroatoms. The molecule has 0 radical (unpaired) electrons. The number of hydrogen-bond acceptors (Lipinski definition) is 3. The van der Waals surface area contributed by atoms with Crippen LogP contribution in [0.2, 0.25) is 0 Å². The Morgan fingerprint density at radius 2 is 2.04 bits per heavy atom. The van der Waals surface area contributed by atoms with Crippen LogP contribution in [-0.2, 0) is 12.6 Å². The van der Waals surface area contributed by atoms with E-state index < -0.39 is 17.5 Å². The lowest BCUT2D eigenvalue weighted by Crippen LogP contribution is -2.24. The van der Waals surface area contributed by atoms with Gasteiger partial charge in [0.1, 0.15) is 5.56 Å². The largest absolute Gasteiger partial charge is 0.385 e. The SMILES string of the molecule is CCCCCC(C)(O)c1ccccc1NC(=O)c1c(C)nn(C)c1F. The lowest BCUT2D eigenvalue weighted by molar-refractivity contribution is 0.0457. The molecule has 0 bridgehead atoms. The molecule has 0 spiro atoms. The van der Waals surface area contributed by atoms with Crippen LogP contribution in [0.3, 0.4) is 0 Å². The van der Waals surface area contributed by atoms with E-state index in [4.69, 9.17) is 0 Å². The maximum Gasteiger partial charge on any atom is 0.262 e. The maximum absolute atomic E-state index is 14.1. The molecular weight excluding hydrogens is 321 g/mol. The van der Waals surface area contributed by atoms with Gasteiger partial charge in [-0.15, -0.1) is 0 Å². The van der Waals surface area contributed by atoms with Gasteiger partial charge in [0, 0.05) is 18.3 Å². The highest BCUT2D eigenvalue weighted by molar-refractivity contribution is 6.05. The van der Waals surface area contributed by atoms with E-state index in [1.165, 1.54) is 7.05 Å². The van der Waals surface area contributed by atoms with Crippen LogP contribution >= 0.6 is 0 Å². The van der Waals surface area contributed by atoms with Crippen molar-refractivity contribution in [3.8, 4) is 0 Å². The first-order chi connectivity index (χ1) is 11.8. The number of aromatic nitrogens is 2. The fourth-order valence-corrected chi connectivity index (χ4v) is 2.99. The number of nitrogens with one attached hydrogen (secondary N) is 1. The molecule has 1 amide bonds. The molecule has 0 aliphatic carbocycles. The Hall–Kier alpha value is -2.21. The highest BCUT2D eigenvalue weighted by atomic mass is 19.1. The monoisotopic (exact) mass is 347 g/mol. The van der Waals surface area contributed by atoms with Crippen molar-refractivity contribution in [1.29, 1.82) is 0 Å². The summed E-state index contributed by atoms with van der Waals surface area (Å²) in [5, 5.41) is 17.5. The van der Waals surface area contributed by atoms with Gasteiger partial charge >= 0.3 is 0 Å². The number of aliphatic hydroxyl groups is 1. The van der Waals surface area contributed by atoms with Crippen molar-refractivity contribution in [3.05, 3.63) is 47.0 Å². The molecule has 136 valence electrons. The number of aryl methyl sites for hydroxylation is 2. The molecule has 1 aromatic carbocycles. The maximum atomic E-state index is 14.1. The third-order valence-electron chi connectivity index (χ3n) is 4.40. The van der Waals surface area contributed by atoms with Crippen molar-refractivity contribution >= 4 is 11.6 Å². The minimum absolute atomic E-state index is 0.0806. The molecule has 5 nitrogen and oxygen atoms in total. The van der Waals surface area contributed by atoms with Gasteiger partial charge in [0.15, 0.2) is 0 Å². The number of rotatable bonds is 7. The van der Waals surface area contributed by atoms with Gasteiger partial charge in [-0.1, -0.05) is 44.4 Å². The molecule has 25 heavy (non-hydrogen) atoms. The second-order valence-corrected chi connectivity index (χ2v) is 6.61. The Labute approximate surface area is 147 Å². The average Bonchev–Trinajstić information content (AvgIpc) is 2.80. The van der Waals surface area contributed by atoms with Gasteiger partial charge in [-0.2, -0.15) is 9.49 Å². The number of benzene rings is 1. The van der Waals surface area contributed by atoms with E-state index in [1.54, 1.807) is 32.0 Å². The van der Waals surface area contributed by atoms with Crippen molar-refractivity contribution in [1.82, 2.24) is 9.78 Å². The average molecular weight is 347 g/mol. The van der Waals surface area contributed by atoms with Crippen LogP contribution in [0.1, 0.15) is 61.1 Å². The zero-order valence-corrected chi connectivity index (χ0v) is 15.3. The number of hydrogen-bond donors (Lipinski definition) is 2. The lowest BCUT2D eigenvalue weighted by Gasteiger charge is -2.26. The van der Waals surface area contributed by atoms with E-state index in [-0.39, 0.29) is 5.56 Å². The summed E-state index contributed by atoms with van der Waals surface area (Å²) in [5.41, 5.74) is 0.285. The van der Waals surface area contributed by atoms with Gasteiger partial charge in [-0.05, 0) is 26.3 Å². The minimum Gasteiger partial charge on any atom is -0.385 e. The van der Waals surface area contributed by atoms with Gasteiger partial charge in [0.2, 0.25) is 5.95 Å². The molecule has 1 aromatic heterocycles. The Morgan fingerprint density at radius 3 is 2.64 bits per heavy atom. The fraction of sp³-hybridized carbons (Fsp3) is 0.474. The topological polar surface area (TPSA) is 67.2 Å². The van der Waals surface area contributed by atoms with E-state index in [1.807, 2.05) is 6.07 Å². The zero-order valence-electron chi connectivity index (χ0n) is 15.3. The predicted molar refractivity (Wildman–Crippen MR) is 96.0 cm³/mol. The van der Waals surface area contributed by atoms with Crippen molar-refractivity contribution in [2.45, 2.75) is 52.1 Å². The second kappa shape index (κ2) is 7.78. The van der Waals surface area contributed by atoms with Crippen LogP contribution in [0, 0.1) is 12.9 Å². The first-order valence-corrected chi connectivity index (χ1v) is 8.60. The molecule has 1 unspecified atom stereocenters. The summed E-state index contributed by atoms with van der Waals surface area (Å²) in [6.45, 7) is 5.43. The van der Waals surface area contributed by atoms with Crippen LogP contribution in [0.25, 0.3) is 0 Å². The number of anilines is 1. The molecule has 0 saturated carbocycles. The number of halogens is 1. The van der Waals surface area contributed by atoms with Crippen LogP contribution in [0.5, 0.6) is 0 Å². The van der Waals surface area contributed by atoms with E-state index >= 15 is 0 Å². The van der Waals surface area contributed by atoms with Crippen molar-refractivity contribution in [2.75, 3.05) is 5.32 Å². The summed E-state index contributed by atoms with van der Waals surface area (Å²) in [5.74, 6) is -1.25. The Morgan fingerprint density at radius 1 is 1.36 bits per heavy atom. The third kappa shape index (κ3) is 4.25. The van der Waals surface area contributed by atoms with Gasteiger partial charge in [-0.25, -0.2) is 4.68 Å². The summed E-state index contributed by atoms with van der Waals surface area (Å²) >= 11 is 0. The van der Waals surface area contributed by atoms with Crippen molar-refractivity contribution in [3.63, 3.8) is 0 Å². The quantitative estimate of drug-likeness (QED) is 0.746. The summed E-state index contributed by atoms with van der Waals surface area (Å²) in [4.78, 5) is 12.5. The molecule has 1 heterocycles. The molecule has 2 N–H and O–H groups in total. The standard InChI is InChI=1S/C19H26FN3O2/c1-5-6-9-12-19(3,25)14-10-7-8-11-15(14)21-18(24)16-13(2)22-23(4)17(16)20/h7-8,10-11,25H,5-6,9,12H2,1-4H3,(H,21,24). The fourth-order valence-electron chi connectivity index (χ4n) is 2.99. The van der Waals surface area contributed by atoms with E-state index in [2.05, 4.69) is 17.3 Å². The molecule has 0 aliphatic heterocycles. The molecular formula is C19H26FN3O2. The number of nitrogens with zero attached hydrogens (tertiary/aromatic N) is 2. The van der Waals surface area contributed by atoms with Gasteiger partial charge in [0.05, 0.1) is 11.3 Å². The van der Waals surface area contributed by atoms with E-state index in [0.29, 0.717) is 23.4 Å². The number of carbonyl (C=O) groups excluding carboxylic acids is 1. The first-order valence-electron chi connectivity index (χ1n) is 8.60. The molecule has 2 aromatic rings. The van der Waals surface area contributed by atoms with Crippen LogP contribution < -0.4 is 5.32 Å². The minimum atomic E-state index is -1.07. The van der Waals surface area contributed by atoms with Crippen LogP contribution in [0.15, 0.2) is 24.3 Å². The number of carbonyl (C=O) groups is 1. The van der Waals surface area contributed by atoms with Crippen molar-refractivity contribution < 1.29 is 14.3 Å². The number of unbranched alkanes of at least 4 members (excludes halogenated alkanes) is 2.